The Kier molecular flexibility index (Phi) is 6.39. The van der Waals surface area contributed by atoms with Gasteiger partial charge in [0, 0.05) is 29.9 Å². The maximum Gasteiger partial charge on any atom is 0.179 e. The molecule has 0 unspecified atom stereocenters. The second-order valence-corrected chi connectivity index (χ2v) is 7.02. The molecule has 0 radical (unpaired) electrons. The number of halogens is 3. The van der Waals surface area contributed by atoms with Gasteiger partial charge in [0.15, 0.2) is 17.3 Å². The number of aromatic nitrogens is 2. The molecule has 8 heteroatoms. The lowest BCUT2D eigenvalue weighted by molar-refractivity contribution is 0.354. The summed E-state index contributed by atoms with van der Waals surface area (Å²) in [5.41, 5.74) is 2.80. The Morgan fingerprint density at radius 1 is 1.17 bits per heavy atom. The second kappa shape index (κ2) is 8.80. The van der Waals surface area contributed by atoms with E-state index in [4.69, 9.17) is 21.1 Å². The molecule has 0 aliphatic heterocycles. The van der Waals surface area contributed by atoms with Crippen LogP contribution in [-0.2, 0) is 6.54 Å². The quantitative estimate of drug-likeness (QED) is 0.584. The maximum atomic E-state index is 14.1. The zero-order chi connectivity index (χ0) is 21.1. The van der Waals surface area contributed by atoms with Crippen LogP contribution in [0.25, 0.3) is 5.69 Å². The van der Waals surface area contributed by atoms with Crippen LogP contribution in [0.5, 0.6) is 11.5 Å². The number of nitrogens with zero attached hydrogens (tertiary/aromatic N) is 2. The first-order valence-electron chi connectivity index (χ1n) is 8.99. The van der Waals surface area contributed by atoms with E-state index in [0.717, 1.165) is 22.9 Å². The molecule has 0 aliphatic rings. The Bertz CT molecular complexity index is 1020. The Balaban J connectivity index is 1.78. The summed E-state index contributed by atoms with van der Waals surface area (Å²) in [6.07, 6.45) is 1.68. The van der Waals surface area contributed by atoms with Gasteiger partial charge in [0.2, 0.25) is 0 Å². The third kappa shape index (κ3) is 4.36. The van der Waals surface area contributed by atoms with Crippen molar-refractivity contribution in [1.82, 2.24) is 15.1 Å². The predicted octanol–water partition coefficient (Wildman–Crippen LogP) is 4.98. The van der Waals surface area contributed by atoms with E-state index in [2.05, 4.69) is 10.4 Å². The molecule has 2 aromatic carbocycles. The molecule has 3 aromatic rings. The normalized spacial score (nSPS) is 12.1. The van der Waals surface area contributed by atoms with Crippen LogP contribution in [0.15, 0.2) is 36.5 Å². The number of methoxy groups -OCH3 is 2. The van der Waals surface area contributed by atoms with E-state index in [1.54, 1.807) is 13.3 Å². The Hall–Kier alpha value is -2.64. The van der Waals surface area contributed by atoms with E-state index >= 15 is 0 Å². The van der Waals surface area contributed by atoms with E-state index in [1.807, 2.05) is 26.0 Å². The smallest absolute Gasteiger partial charge is 0.179 e. The molecule has 0 bridgehead atoms. The van der Waals surface area contributed by atoms with Crippen LogP contribution in [0.2, 0.25) is 5.02 Å². The summed E-state index contributed by atoms with van der Waals surface area (Å²) in [6, 6.07) is 7.03. The monoisotopic (exact) mass is 421 g/mol. The molecule has 0 saturated carbocycles. The van der Waals surface area contributed by atoms with Crippen molar-refractivity contribution in [3.8, 4) is 17.2 Å². The average molecular weight is 422 g/mol. The van der Waals surface area contributed by atoms with Gasteiger partial charge in [-0.2, -0.15) is 5.10 Å². The zero-order valence-electron chi connectivity index (χ0n) is 16.6. The Morgan fingerprint density at radius 3 is 2.59 bits per heavy atom. The van der Waals surface area contributed by atoms with Crippen LogP contribution in [0.3, 0.4) is 0 Å². The van der Waals surface area contributed by atoms with Gasteiger partial charge in [-0.1, -0.05) is 11.6 Å². The third-order valence-corrected chi connectivity index (χ3v) is 5.04. The number of benzene rings is 2. The molecule has 1 atom stereocenters. The summed E-state index contributed by atoms with van der Waals surface area (Å²) in [4.78, 5) is 0. The largest absolute Gasteiger partial charge is 0.493 e. The summed E-state index contributed by atoms with van der Waals surface area (Å²) in [5.74, 6) is -0.243. The topological polar surface area (TPSA) is 48.3 Å². The van der Waals surface area contributed by atoms with Gasteiger partial charge in [0.1, 0.15) is 11.5 Å². The first-order valence-corrected chi connectivity index (χ1v) is 9.37. The molecule has 0 amide bonds. The molecule has 5 nitrogen and oxygen atoms in total. The van der Waals surface area contributed by atoms with Gasteiger partial charge in [0.25, 0.3) is 0 Å². The molecule has 1 N–H and O–H groups in total. The minimum atomic E-state index is -0.664. The van der Waals surface area contributed by atoms with Crippen molar-refractivity contribution < 1.29 is 18.3 Å². The van der Waals surface area contributed by atoms with Gasteiger partial charge >= 0.3 is 0 Å². The highest BCUT2D eigenvalue weighted by atomic mass is 35.5. The van der Waals surface area contributed by atoms with Crippen LogP contribution < -0.4 is 14.8 Å². The minimum absolute atomic E-state index is 0.0702. The lowest BCUT2D eigenvalue weighted by Gasteiger charge is -2.16. The van der Waals surface area contributed by atoms with Crippen molar-refractivity contribution in [2.75, 3.05) is 14.2 Å². The fraction of sp³-hybridized carbons (Fsp3) is 0.286. The highest BCUT2D eigenvalue weighted by Gasteiger charge is 2.17. The molecule has 0 fully saturated rings. The summed E-state index contributed by atoms with van der Waals surface area (Å²) in [6.45, 7) is 4.35. The molecule has 154 valence electrons. The van der Waals surface area contributed by atoms with Crippen LogP contribution in [0.1, 0.15) is 29.8 Å². The van der Waals surface area contributed by atoms with Crippen molar-refractivity contribution in [3.05, 3.63) is 70.0 Å². The van der Waals surface area contributed by atoms with Crippen LogP contribution >= 0.6 is 11.6 Å². The van der Waals surface area contributed by atoms with Crippen LogP contribution in [0.4, 0.5) is 8.78 Å². The zero-order valence-corrected chi connectivity index (χ0v) is 17.3. The van der Waals surface area contributed by atoms with Gasteiger partial charge in [-0.3, -0.25) is 0 Å². The fourth-order valence-electron chi connectivity index (χ4n) is 3.20. The molecule has 0 spiro atoms. The molecule has 1 aromatic heterocycles. The summed E-state index contributed by atoms with van der Waals surface area (Å²) in [5, 5.41) is 8.14. The highest BCUT2D eigenvalue weighted by molar-refractivity contribution is 6.32. The van der Waals surface area contributed by atoms with E-state index in [-0.39, 0.29) is 11.7 Å². The number of ether oxygens (including phenoxy) is 2. The first kappa shape index (κ1) is 21.1. The number of rotatable bonds is 7. The summed E-state index contributed by atoms with van der Waals surface area (Å²) >= 11 is 6.26. The second-order valence-electron chi connectivity index (χ2n) is 6.61. The van der Waals surface area contributed by atoms with Gasteiger partial charge in [-0.15, -0.1) is 0 Å². The summed E-state index contributed by atoms with van der Waals surface area (Å²) in [7, 11) is 3.09. The van der Waals surface area contributed by atoms with Crippen molar-refractivity contribution in [3.63, 3.8) is 0 Å². The lowest BCUT2D eigenvalue weighted by Crippen LogP contribution is -2.19. The van der Waals surface area contributed by atoms with E-state index in [9.17, 15) is 8.78 Å². The fourth-order valence-corrected chi connectivity index (χ4v) is 3.51. The molecule has 3 rings (SSSR count). The van der Waals surface area contributed by atoms with Gasteiger partial charge in [-0.05, 0) is 43.7 Å². The van der Waals surface area contributed by atoms with Crippen LogP contribution in [0, 0.1) is 18.6 Å². The van der Waals surface area contributed by atoms with E-state index < -0.39 is 11.6 Å². The molecule has 29 heavy (non-hydrogen) atoms. The van der Waals surface area contributed by atoms with Crippen molar-refractivity contribution in [2.45, 2.75) is 26.4 Å². The molecule has 1 heterocycles. The minimum Gasteiger partial charge on any atom is -0.493 e. The van der Waals surface area contributed by atoms with Crippen molar-refractivity contribution in [1.29, 1.82) is 0 Å². The molecule has 0 saturated heterocycles. The molecular formula is C21H22ClF2N3O2. The SMILES string of the molecule is COc1cc(CN[C@H](C)c2cnn(-c3ccc(F)cc3F)c2C)cc(Cl)c1OC. The van der Waals surface area contributed by atoms with Gasteiger partial charge < -0.3 is 14.8 Å². The molecule has 0 aliphatic carbocycles. The first-order chi connectivity index (χ1) is 13.8. The highest BCUT2D eigenvalue weighted by Crippen LogP contribution is 2.36. The van der Waals surface area contributed by atoms with Gasteiger partial charge in [-0.25, -0.2) is 13.5 Å². The predicted molar refractivity (Wildman–Crippen MR) is 108 cm³/mol. The lowest BCUT2D eigenvalue weighted by atomic mass is 10.1. The Morgan fingerprint density at radius 2 is 1.93 bits per heavy atom. The number of hydrogen-bond donors (Lipinski definition) is 1. The van der Waals surface area contributed by atoms with Gasteiger partial charge in [0.05, 0.1) is 25.4 Å². The number of nitrogens with one attached hydrogen (secondary N) is 1. The third-order valence-electron chi connectivity index (χ3n) is 4.76. The Labute approximate surface area is 173 Å². The van der Waals surface area contributed by atoms with E-state index in [1.165, 1.54) is 23.9 Å². The standard InChI is InChI=1S/C21H22ClF2N3O2/c1-12(25-10-14-7-17(22)21(29-4)20(8-14)28-3)16-11-26-27(13(16)2)19-6-5-15(23)9-18(19)24/h5-9,11-12,25H,10H2,1-4H3/t12-/m1/s1. The average Bonchev–Trinajstić information content (AvgIpc) is 3.07. The van der Waals surface area contributed by atoms with Crippen molar-refractivity contribution >= 4 is 11.6 Å². The number of hydrogen-bond acceptors (Lipinski definition) is 4. The van der Waals surface area contributed by atoms with E-state index in [0.29, 0.717) is 23.1 Å². The molecular weight excluding hydrogens is 400 g/mol. The summed E-state index contributed by atoms with van der Waals surface area (Å²) < 4.78 is 39.3. The van der Waals surface area contributed by atoms with Crippen LogP contribution in [-0.4, -0.2) is 24.0 Å². The van der Waals surface area contributed by atoms with Crippen molar-refractivity contribution in [2.24, 2.45) is 0 Å². The maximum absolute atomic E-state index is 14.1.